The highest BCUT2D eigenvalue weighted by Gasteiger charge is 2.35. The fraction of sp³-hybridized carbons (Fsp3) is 0.478. The largest absolute Gasteiger partial charge is 0.487 e. The van der Waals surface area contributed by atoms with E-state index in [1.54, 1.807) is 13.1 Å². The van der Waals surface area contributed by atoms with E-state index in [4.69, 9.17) is 18.7 Å². The van der Waals surface area contributed by atoms with Crippen molar-refractivity contribution < 1.29 is 23.5 Å². The predicted octanol–water partition coefficient (Wildman–Crippen LogP) is 4.94. The van der Waals surface area contributed by atoms with E-state index in [-0.39, 0.29) is 35.2 Å². The van der Waals surface area contributed by atoms with E-state index in [1.165, 1.54) is 6.07 Å². The molecule has 0 saturated heterocycles. The summed E-state index contributed by atoms with van der Waals surface area (Å²) in [4.78, 5) is 25.2. The molecule has 3 unspecified atom stereocenters. The number of pyridine rings is 1. The summed E-state index contributed by atoms with van der Waals surface area (Å²) < 4.78 is 24.8. The molecule has 4 rings (SSSR count). The Kier molecular flexibility index (Phi) is 6.84. The van der Waals surface area contributed by atoms with Gasteiger partial charge in [0, 0.05) is 23.9 Å². The van der Waals surface area contributed by atoms with Crippen molar-refractivity contribution in [3.05, 3.63) is 45.7 Å². The minimum absolute atomic E-state index is 0.0415. The van der Waals surface area contributed by atoms with Gasteiger partial charge in [-0.25, -0.2) is 4.79 Å². The molecule has 0 amide bonds. The molecule has 0 radical (unpaired) electrons. The zero-order chi connectivity index (χ0) is 23.0. The van der Waals surface area contributed by atoms with Crippen molar-refractivity contribution >= 4 is 34.5 Å². The maximum atomic E-state index is 12.8. The lowest BCUT2D eigenvalue weighted by Crippen LogP contribution is -2.33. The molecule has 3 atom stereocenters. The Morgan fingerprint density at radius 3 is 2.53 bits per heavy atom. The van der Waals surface area contributed by atoms with E-state index >= 15 is 0 Å². The van der Waals surface area contributed by atoms with Gasteiger partial charge in [0.15, 0.2) is 16.9 Å². The van der Waals surface area contributed by atoms with Gasteiger partial charge in [-0.2, -0.15) is 0 Å². The van der Waals surface area contributed by atoms with Crippen LogP contribution in [0.2, 0.25) is 0 Å². The predicted molar refractivity (Wildman–Crippen MR) is 132 cm³/mol. The number of esters is 1. The Labute approximate surface area is 202 Å². The number of fused-ring (bicyclic) bond motifs is 4. The van der Waals surface area contributed by atoms with Crippen molar-refractivity contribution in [2.45, 2.75) is 46.3 Å². The van der Waals surface area contributed by atoms with Crippen LogP contribution in [-0.2, 0) is 15.7 Å². The zero-order valence-electron chi connectivity index (χ0n) is 18.6. The fourth-order valence-corrected chi connectivity index (χ4v) is 5.54. The van der Waals surface area contributed by atoms with Gasteiger partial charge in [0.1, 0.15) is 24.9 Å². The first-order chi connectivity index (χ1) is 15.2. The molecule has 1 aromatic heterocycles. The third kappa shape index (κ3) is 4.54. The second kappa shape index (κ2) is 9.31. The second-order valence-electron chi connectivity index (χ2n) is 9.05. The van der Waals surface area contributed by atoms with Crippen LogP contribution < -0.4 is 14.9 Å². The maximum absolute atomic E-state index is 12.8. The lowest BCUT2D eigenvalue weighted by atomic mass is 9.78. The van der Waals surface area contributed by atoms with Crippen LogP contribution in [0.3, 0.4) is 0 Å². The van der Waals surface area contributed by atoms with Crippen LogP contribution in [0, 0.1) is 5.41 Å². The van der Waals surface area contributed by atoms with Gasteiger partial charge in [-0.1, -0.05) is 20.8 Å². The lowest BCUT2D eigenvalue weighted by Gasteiger charge is -2.39. The number of nitrogens with zero attached hydrogens (tertiary/aromatic N) is 1. The van der Waals surface area contributed by atoms with Crippen LogP contribution in [-0.4, -0.2) is 36.5 Å². The summed E-state index contributed by atoms with van der Waals surface area (Å²) >= 11 is 2.19. The highest BCUT2D eigenvalue weighted by atomic mass is 127. The standard InChI is InChI=1S/C23H27INO6P/c1-5-28-22(27)16-10-25-17(9-18(16)26)15-8-20-19(29-11-14(12-30-20)31-32-24)6-13(15)7-21(25)23(2,3)4/h6,8-10,14,21,32H,5,7,11-12H2,1-4H3. The summed E-state index contributed by atoms with van der Waals surface area (Å²) in [6, 6.07) is 5.54. The summed E-state index contributed by atoms with van der Waals surface area (Å²) in [5.74, 6) is 0.736. The molecule has 3 heterocycles. The summed E-state index contributed by atoms with van der Waals surface area (Å²) in [5.41, 5.74) is 2.36. The van der Waals surface area contributed by atoms with Gasteiger partial charge in [0.2, 0.25) is 0 Å². The van der Waals surface area contributed by atoms with Crippen molar-refractivity contribution in [3.63, 3.8) is 0 Å². The number of hydrogen-bond acceptors (Lipinski definition) is 6. The topological polar surface area (TPSA) is 76.0 Å². The minimum atomic E-state index is -0.591. The third-order valence-corrected chi connectivity index (χ3v) is 7.02. The monoisotopic (exact) mass is 571 g/mol. The number of halogens is 1. The molecule has 32 heavy (non-hydrogen) atoms. The fourth-order valence-electron chi connectivity index (χ4n) is 4.20. The van der Waals surface area contributed by atoms with E-state index < -0.39 is 5.97 Å². The average Bonchev–Trinajstić information content (AvgIpc) is 2.93. The van der Waals surface area contributed by atoms with Gasteiger partial charge in [0.05, 0.1) is 18.8 Å². The van der Waals surface area contributed by atoms with Crippen molar-refractivity contribution in [1.82, 2.24) is 4.57 Å². The van der Waals surface area contributed by atoms with Crippen LogP contribution >= 0.6 is 28.5 Å². The summed E-state index contributed by atoms with van der Waals surface area (Å²) in [5, 5.41) is 0. The molecule has 2 aliphatic heterocycles. The van der Waals surface area contributed by atoms with Crippen LogP contribution in [0.4, 0.5) is 0 Å². The van der Waals surface area contributed by atoms with Crippen LogP contribution in [0.1, 0.15) is 49.7 Å². The molecule has 2 aromatic rings. The molecule has 2 aliphatic rings. The summed E-state index contributed by atoms with van der Waals surface area (Å²) in [6.07, 6.45) is 2.27. The number of aromatic nitrogens is 1. The Morgan fingerprint density at radius 1 is 1.22 bits per heavy atom. The van der Waals surface area contributed by atoms with E-state index in [2.05, 4.69) is 42.8 Å². The number of rotatable bonds is 4. The highest BCUT2D eigenvalue weighted by Crippen LogP contribution is 2.46. The number of benzene rings is 1. The van der Waals surface area contributed by atoms with E-state index in [9.17, 15) is 9.59 Å². The second-order valence-corrected chi connectivity index (χ2v) is 10.8. The average molecular weight is 571 g/mol. The van der Waals surface area contributed by atoms with Gasteiger partial charge in [-0.3, -0.25) is 4.79 Å². The quantitative estimate of drug-likeness (QED) is 0.294. The lowest BCUT2D eigenvalue weighted by molar-refractivity contribution is 0.0523. The number of hydrogen-bond donors (Lipinski definition) is 0. The molecular weight excluding hydrogens is 544 g/mol. The molecule has 0 aliphatic carbocycles. The van der Waals surface area contributed by atoms with Crippen LogP contribution in [0.15, 0.2) is 29.2 Å². The molecule has 0 spiro atoms. The molecule has 0 saturated carbocycles. The Balaban J connectivity index is 1.83. The first-order valence-corrected chi connectivity index (χ1v) is 14.6. The highest BCUT2D eigenvalue weighted by molar-refractivity contribution is 14.2. The molecular formula is C23H27INO6P. The number of carbonyl (C=O) groups is 1. The summed E-state index contributed by atoms with van der Waals surface area (Å²) in [6.45, 7) is 9.59. The van der Waals surface area contributed by atoms with Gasteiger partial charge < -0.3 is 23.3 Å². The molecule has 9 heteroatoms. The van der Waals surface area contributed by atoms with Crippen LogP contribution in [0.25, 0.3) is 11.3 Å². The first-order valence-electron chi connectivity index (χ1n) is 10.6. The zero-order valence-corrected chi connectivity index (χ0v) is 21.7. The summed E-state index contributed by atoms with van der Waals surface area (Å²) in [7, 11) is 0. The van der Waals surface area contributed by atoms with Crippen LogP contribution in [0.5, 0.6) is 11.5 Å². The Bertz CT molecular complexity index is 1090. The molecule has 0 bridgehead atoms. The molecule has 0 fully saturated rings. The minimum Gasteiger partial charge on any atom is -0.487 e. The van der Waals surface area contributed by atoms with E-state index in [0.717, 1.165) is 23.2 Å². The van der Waals surface area contributed by atoms with Crippen molar-refractivity contribution in [2.24, 2.45) is 5.41 Å². The van der Waals surface area contributed by atoms with Gasteiger partial charge in [-0.15, -0.1) is 0 Å². The van der Waals surface area contributed by atoms with Gasteiger partial charge in [-0.05, 0) is 58.5 Å². The number of ether oxygens (including phenoxy) is 3. The molecule has 7 nitrogen and oxygen atoms in total. The third-order valence-electron chi connectivity index (χ3n) is 5.83. The molecule has 0 N–H and O–H groups in total. The molecule has 172 valence electrons. The van der Waals surface area contributed by atoms with Gasteiger partial charge in [0.25, 0.3) is 0 Å². The Morgan fingerprint density at radius 2 is 1.91 bits per heavy atom. The normalized spacial score (nSPS) is 19.9. The van der Waals surface area contributed by atoms with E-state index in [0.29, 0.717) is 31.2 Å². The van der Waals surface area contributed by atoms with Crippen molar-refractivity contribution in [3.8, 4) is 22.8 Å². The Hall–Kier alpha value is -1.64. The van der Waals surface area contributed by atoms with Crippen molar-refractivity contribution in [1.29, 1.82) is 0 Å². The van der Waals surface area contributed by atoms with E-state index in [1.807, 2.05) is 16.7 Å². The SMILES string of the molecule is CCOC(=O)c1cn2c(cc1=O)-c1cc3c(cc1CC2C(C)(C)C)OCC(OPI)CO3. The number of carbonyl (C=O) groups excluding carboxylic acids is 1. The maximum Gasteiger partial charge on any atom is 0.343 e. The van der Waals surface area contributed by atoms with Crippen molar-refractivity contribution in [2.75, 3.05) is 19.8 Å². The first kappa shape index (κ1) is 23.5. The molecule has 1 aromatic carbocycles. The van der Waals surface area contributed by atoms with Gasteiger partial charge >= 0.3 is 5.97 Å². The smallest absolute Gasteiger partial charge is 0.343 e.